The number of aromatic hydroxyl groups is 1. The molecule has 1 fully saturated rings. The Morgan fingerprint density at radius 1 is 1.44 bits per heavy atom. The molecule has 0 aliphatic heterocycles. The van der Waals surface area contributed by atoms with Crippen LogP contribution in [0.25, 0.3) is 0 Å². The highest BCUT2D eigenvalue weighted by atomic mass is 16.3. The summed E-state index contributed by atoms with van der Waals surface area (Å²) in [4.78, 5) is 0. The van der Waals surface area contributed by atoms with Gasteiger partial charge in [0.25, 0.3) is 0 Å². The Kier molecular flexibility index (Phi) is 3.83. The fourth-order valence-electron chi connectivity index (χ4n) is 2.27. The van der Waals surface area contributed by atoms with Gasteiger partial charge in [0.05, 0.1) is 0 Å². The van der Waals surface area contributed by atoms with Crippen LogP contribution < -0.4 is 5.32 Å². The Balaban J connectivity index is 1.73. The van der Waals surface area contributed by atoms with Gasteiger partial charge >= 0.3 is 0 Å². The molecular weight excluding hydrogens is 198 g/mol. The minimum atomic E-state index is 0.353. The molecule has 16 heavy (non-hydrogen) atoms. The molecule has 0 heterocycles. The molecule has 2 nitrogen and oxygen atoms in total. The molecule has 0 radical (unpaired) electrons. The lowest BCUT2D eigenvalue weighted by atomic mass is 9.81. The van der Waals surface area contributed by atoms with E-state index in [0.29, 0.717) is 11.8 Å². The Labute approximate surface area is 97.7 Å². The third kappa shape index (κ3) is 3.24. The highest BCUT2D eigenvalue weighted by Gasteiger charge is 2.19. The summed E-state index contributed by atoms with van der Waals surface area (Å²) in [5.41, 5.74) is 1.15. The van der Waals surface area contributed by atoms with E-state index in [1.165, 1.54) is 25.7 Å². The Morgan fingerprint density at radius 2 is 2.25 bits per heavy atom. The van der Waals surface area contributed by atoms with Crippen molar-refractivity contribution in [1.82, 2.24) is 5.32 Å². The van der Waals surface area contributed by atoms with Crippen molar-refractivity contribution in [2.45, 2.75) is 45.2 Å². The summed E-state index contributed by atoms with van der Waals surface area (Å²) in [5, 5.41) is 12.9. The Bertz CT molecular complexity index is 333. The maximum Gasteiger partial charge on any atom is 0.115 e. The minimum absolute atomic E-state index is 0.353. The van der Waals surface area contributed by atoms with Crippen LogP contribution in [0.15, 0.2) is 24.3 Å². The van der Waals surface area contributed by atoms with Crippen LogP contribution in [0.2, 0.25) is 0 Å². The van der Waals surface area contributed by atoms with Crippen molar-refractivity contribution >= 4 is 0 Å². The lowest BCUT2D eigenvalue weighted by Gasteiger charge is -2.28. The minimum Gasteiger partial charge on any atom is -0.508 e. The lowest BCUT2D eigenvalue weighted by Crippen LogP contribution is -2.29. The maximum atomic E-state index is 9.34. The van der Waals surface area contributed by atoms with Crippen molar-refractivity contribution in [2.75, 3.05) is 0 Å². The molecule has 0 bridgehead atoms. The van der Waals surface area contributed by atoms with Crippen LogP contribution in [0.3, 0.4) is 0 Å². The third-order valence-corrected chi connectivity index (χ3v) is 3.48. The quantitative estimate of drug-likeness (QED) is 0.797. The van der Waals surface area contributed by atoms with Crippen molar-refractivity contribution in [2.24, 2.45) is 5.92 Å². The topological polar surface area (TPSA) is 32.3 Å². The first kappa shape index (κ1) is 11.5. The highest BCUT2D eigenvalue weighted by Crippen LogP contribution is 2.30. The predicted molar refractivity (Wildman–Crippen MR) is 66.4 cm³/mol. The predicted octanol–water partition coefficient (Wildman–Crippen LogP) is 3.06. The molecule has 0 amide bonds. The molecule has 1 aliphatic carbocycles. The second-order valence-electron chi connectivity index (χ2n) is 4.98. The summed E-state index contributed by atoms with van der Waals surface area (Å²) in [7, 11) is 0. The summed E-state index contributed by atoms with van der Waals surface area (Å²) < 4.78 is 0. The molecule has 0 spiro atoms. The first-order valence-electron chi connectivity index (χ1n) is 6.25. The average Bonchev–Trinajstić information content (AvgIpc) is 2.21. The zero-order valence-electron chi connectivity index (χ0n) is 9.95. The van der Waals surface area contributed by atoms with Gasteiger partial charge in [-0.2, -0.15) is 0 Å². The van der Waals surface area contributed by atoms with Gasteiger partial charge in [-0.25, -0.2) is 0 Å². The van der Waals surface area contributed by atoms with Crippen LogP contribution in [0, 0.1) is 5.92 Å². The van der Waals surface area contributed by atoms with E-state index in [0.717, 1.165) is 18.0 Å². The van der Waals surface area contributed by atoms with E-state index in [9.17, 15) is 5.11 Å². The molecular formula is C14H21NO. The number of hydrogen-bond donors (Lipinski definition) is 2. The monoisotopic (exact) mass is 219 g/mol. The third-order valence-electron chi connectivity index (χ3n) is 3.48. The number of phenols is 1. The van der Waals surface area contributed by atoms with Crippen molar-refractivity contribution < 1.29 is 5.11 Å². The number of benzene rings is 1. The zero-order valence-corrected chi connectivity index (χ0v) is 9.95. The molecule has 1 aromatic rings. The fourth-order valence-corrected chi connectivity index (χ4v) is 2.27. The van der Waals surface area contributed by atoms with Gasteiger partial charge in [-0.05, 0) is 37.0 Å². The van der Waals surface area contributed by atoms with Crippen LogP contribution in [0.1, 0.15) is 38.2 Å². The molecule has 2 heteroatoms. The molecule has 0 saturated heterocycles. The second-order valence-corrected chi connectivity index (χ2v) is 4.98. The van der Waals surface area contributed by atoms with E-state index in [1.807, 2.05) is 18.2 Å². The van der Waals surface area contributed by atoms with Crippen LogP contribution in [-0.4, -0.2) is 11.1 Å². The molecule has 1 unspecified atom stereocenters. The number of nitrogens with one attached hydrogen (secondary N) is 1. The van der Waals surface area contributed by atoms with Crippen LogP contribution >= 0.6 is 0 Å². The smallest absolute Gasteiger partial charge is 0.115 e. The van der Waals surface area contributed by atoms with Gasteiger partial charge in [0.1, 0.15) is 5.75 Å². The molecule has 1 saturated carbocycles. The Morgan fingerprint density at radius 3 is 2.88 bits per heavy atom. The number of hydrogen-bond acceptors (Lipinski definition) is 2. The molecule has 1 aliphatic rings. The average molecular weight is 219 g/mol. The SMILES string of the molecule is CC(CC1CCC1)NCc1cccc(O)c1. The Hall–Kier alpha value is -1.02. The van der Waals surface area contributed by atoms with E-state index in [2.05, 4.69) is 12.2 Å². The van der Waals surface area contributed by atoms with Gasteiger partial charge in [-0.15, -0.1) is 0 Å². The number of rotatable bonds is 5. The molecule has 1 atom stereocenters. The second kappa shape index (κ2) is 5.35. The molecule has 1 aromatic carbocycles. The van der Waals surface area contributed by atoms with Gasteiger partial charge in [0.2, 0.25) is 0 Å². The van der Waals surface area contributed by atoms with Crippen LogP contribution in [0.4, 0.5) is 0 Å². The maximum absolute atomic E-state index is 9.34. The van der Waals surface area contributed by atoms with Gasteiger partial charge in [-0.1, -0.05) is 31.4 Å². The fraction of sp³-hybridized carbons (Fsp3) is 0.571. The van der Waals surface area contributed by atoms with Crippen LogP contribution in [-0.2, 0) is 6.54 Å². The summed E-state index contributed by atoms with van der Waals surface area (Å²) in [6, 6.07) is 8.04. The van der Waals surface area contributed by atoms with E-state index in [4.69, 9.17) is 0 Å². The van der Waals surface area contributed by atoms with Crippen molar-refractivity contribution in [3.63, 3.8) is 0 Å². The van der Waals surface area contributed by atoms with Crippen molar-refractivity contribution in [3.8, 4) is 5.75 Å². The normalized spacial score (nSPS) is 18.1. The molecule has 0 aromatic heterocycles. The summed E-state index contributed by atoms with van der Waals surface area (Å²) in [5.74, 6) is 1.30. The largest absolute Gasteiger partial charge is 0.508 e. The molecule has 88 valence electrons. The van der Waals surface area contributed by atoms with E-state index in [-0.39, 0.29) is 0 Å². The highest BCUT2D eigenvalue weighted by molar-refractivity contribution is 5.26. The van der Waals surface area contributed by atoms with Crippen molar-refractivity contribution in [3.05, 3.63) is 29.8 Å². The first-order valence-corrected chi connectivity index (χ1v) is 6.25. The molecule has 2 rings (SSSR count). The standard InChI is InChI=1S/C14H21NO/c1-11(8-12-4-2-5-12)15-10-13-6-3-7-14(16)9-13/h3,6-7,9,11-12,15-16H,2,4-5,8,10H2,1H3. The molecule has 2 N–H and O–H groups in total. The van der Waals surface area contributed by atoms with E-state index in [1.54, 1.807) is 6.07 Å². The van der Waals surface area contributed by atoms with E-state index < -0.39 is 0 Å². The first-order chi connectivity index (χ1) is 7.74. The zero-order chi connectivity index (χ0) is 11.4. The summed E-state index contributed by atoms with van der Waals surface area (Å²) in [6.07, 6.45) is 5.54. The summed E-state index contributed by atoms with van der Waals surface area (Å²) in [6.45, 7) is 3.10. The van der Waals surface area contributed by atoms with E-state index >= 15 is 0 Å². The van der Waals surface area contributed by atoms with Crippen LogP contribution in [0.5, 0.6) is 5.75 Å². The van der Waals surface area contributed by atoms with Gasteiger partial charge in [0, 0.05) is 12.6 Å². The van der Waals surface area contributed by atoms with Gasteiger partial charge in [0.15, 0.2) is 0 Å². The lowest BCUT2D eigenvalue weighted by molar-refractivity contribution is 0.265. The summed E-state index contributed by atoms with van der Waals surface area (Å²) >= 11 is 0. The van der Waals surface area contributed by atoms with Gasteiger partial charge < -0.3 is 10.4 Å². The number of phenolic OH excluding ortho intramolecular Hbond substituents is 1. The van der Waals surface area contributed by atoms with Crippen molar-refractivity contribution in [1.29, 1.82) is 0 Å². The van der Waals surface area contributed by atoms with Gasteiger partial charge in [-0.3, -0.25) is 0 Å².